The summed E-state index contributed by atoms with van der Waals surface area (Å²) in [6, 6.07) is 7.47. The van der Waals surface area contributed by atoms with E-state index in [2.05, 4.69) is 11.8 Å². The zero-order valence-corrected chi connectivity index (χ0v) is 11.1. The number of carbonyl (C=O) groups is 1. The third-order valence-corrected chi connectivity index (χ3v) is 2.55. The predicted octanol–water partition coefficient (Wildman–Crippen LogP) is 1.82. The van der Waals surface area contributed by atoms with Crippen molar-refractivity contribution in [3.63, 3.8) is 0 Å². The molecule has 0 amide bonds. The minimum absolute atomic E-state index is 0.172. The number of rotatable bonds is 7. The zero-order chi connectivity index (χ0) is 13.4. The lowest BCUT2D eigenvalue weighted by molar-refractivity contribution is -0.131. The molecule has 0 saturated heterocycles. The summed E-state index contributed by atoms with van der Waals surface area (Å²) in [4.78, 5) is 13.0. The van der Waals surface area contributed by atoms with E-state index in [1.54, 1.807) is 12.1 Å². The smallest absolute Gasteiger partial charge is 0.308 e. The van der Waals surface area contributed by atoms with Gasteiger partial charge in [-0.1, -0.05) is 19.1 Å². The molecule has 0 atom stereocenters. The van der Waals surface area contributed by atoms with Gasteiger partial charge in [-0.2, -0.15) is 0 Å². The summed E-state index contributed by atoms with van der Waals surface area (Å²) in [5, 5.41) is 8.99. The summed E-state index contributed by atoms with van der Waals surface area (Å²) in [7, 11) is 0. The van der Waals surface area contributed by atoms with Gasteiger partial charge in [0.15, 0.2) is 0 Å². The molecule has 100 valence electrons. The third-order valence-electron chi connectivity index (χ3n) is 2.55. The highest BCUT2D eigenvalue weighted by Gasteiger charge is 2.05. The number of esters is 1. The zero-order valence-electron chi connectivity index (χ0n) is 11.1. The molecule has 1 aromatic rings. The monoisotopic (exact) mass is 251 g/mol. The lowest BCUT2D eigenvalue weighted by atomic mass is 10.2. The van der Waals surface area contributed by atoms with Crippen LogP contribution in [0.2, 0.25) is 0 Å². The van der Waals surface area contributed by atoms with Gasteiger partial charge in [0.1, 0.15) is 5.75 Å². The predicted molar refractivity (Wildman–Crippen MR) is 70.4 cm³/mol. The number of aliphatic hydroxyl groups excluding tert-OH is 1. The summed E-state index contributed by atoms with van der Waals surface area (Å²) in [6.07, 6.45) is 1.06. The molecule has 0 aliphatic rings. The summed E-state index contributed by atoms with van der Waals surface area (Å²) in [5.74, 6) is 0.256. The van der Waals surface area contributed by atoms with Crippen LogP contribution in [0, 0.1) is 0 Å². The van der Waals surface area contributed by atoms with E-state index in [-0.39, 0.29) is 12.6 Å². The molecule has 0 aliphatic heterocycles. The molecule has 0 aliphatic carbocycles. The second-order valence-electron chi connectivity index (χ2n) is 4.24. The van der Waals surface area contributed by atoms with Crippen molar-refractivity contribution in [1.82, 2.24) is 4.90 Å². The molecule has 0 aromatic heterocycles. The normalized spacial score (nSPS) is 10.7. The van der Waals surface area contributed by atoms with Crippen LogP contribution in [0.1, 0.15) is 25.8 Å². The van der Waals surface area contributed by atoms with Crippen molar-refractivity contribution in [3.05, 3.63) is 29.8 Å². The minimum Gasteiger partial charge on any atom is -0.427 e. The first-order valence-corrected chi connectivity index (χ1v) is 6.26. The van der Waals surface area contributed by atoms with E-state index in [4.69, 9.17) is 9.84 Å². The van der Waals surface area contributed by atoms with Crippen LogP contribution in [0.3, 0.4) is 0 Å². The maximum Gasteiger partial charge on any atom is 0.308 e. The maximum atomic E-state index is 10.8. The van der Waals surface area contributed by atoms with Crippen molar-refractivity contribution in [3.8, 4) is 5.75 Å². The number of hydrogen-bond donors (Lipinski definition) is 1. The van der Waals surface area contributed by atoms with Crippen LogP contribution in [0.5, 0.6) is 5.75 Å². The number of ether oxygens (including phenoxy) is 1. The SMILES string of the molecule is CCCN(CCO)Cc1ccc(OC(C)=O)cc1. The van der Waals surface area contributed by atoms with Gasteiger partial charge in [0.25, 0.3) is 0 Å². The summed E-state index contributed by atoms with van der Waals surface area (Å²) in [6.45, 7) is 6.12. The minimum atomic E-state index is -0.310. The van der Waals surface area contributed by atoms with E-state index in [9.17, 15) is 4.79 Å². The van der Waals surface area contributed by atoms with Gasteiger partial charge in [-0.25, -0.2) is 0 Å². The Bertz CT molecular complexity index is 356. The van der Waals surface area contributed by atoms with Crippen molar-refractivity contribution >= 4 is 5.97 Å². The van der Waals surface area contributed by atoms with E-state index < -0.39 is 0 Å². The Kier molecular flexibility index (Phi) is 6.39. The van der Waals surface area contributed by atoms with Crippen LogP contribution < -0.4 is 4.74 Å². The summed E-state index contributed by atoms with van der Waals surface area (Å²) in [5.41, 5.74) is 1.15. The first-order chi connectivity index (χ1) is 8.65. The second kappa shape index (κ2) is 7.84. The quantitative estimate of drug-likeness (QED) is 0.593. The molecule has 0 saturated carbocycles. The number of nitrogens with zero attached hydrogens (tertiary/aromatic N) is 1. The van der Waals surface area contributed by atoms with Gasteiger partial charge in [0.2, 0.25) is 0 Å². The Hall–Kier alpha value is -1.39. The van der Waals surface area contributed by atoms with Crippen molar-refractivity contribution < 1.29 is 14.6 Å². The van der Waals surface area contributed by atoms with Gasteiger partial charge in [-0.15, -0.1) is 0 Å². The van der Waals surface area contributed by atoms with Crippen LogP contribution in [0.15, 0.2) is 24.3 Å². The average Bonchev–Trinajstić information content (AvgIpc) is 2.31. The molecule has 4 nitrogen and oxygen atoms in total. The lowest BCUT2D eigenvalue weighted by Crippen LogP contribution is -2.27. The highest BCUT2D eigenvalue weighted by molar-refractivity contribution is 5.69. The number of carbonyl (C=O) groups excluding carboxylic acids is 1. The molecule has 0 heterocycles. The Morgan fingerprint density at radius 3 is 2.44 bits per heavy atom. The molecule has 0 spiro atoms. The number of benzene rings is 1. The van der Waals surface area contributed by atoms with Crippen molar-refractivity contribution in [2.24, 2.45) is 0 Å². The first-order valence-electron chi connectivity index (χ1n) is 6.26. The van der Waals surface area contributed by atoms with Crippen LogP contribution >= 0.6 is 0 Å². The van der Waals surface area contributed by atoms with Crippen LogP contribution in [-0.2, 0) is 11.3 Å². The van der Waals surface area contributed by atoms with Gasteiger partial charge in [-0.05, 0) is 30.7 Å². The largest absolute Gasteiger partial charge is 0.427 e. The van der Waals surface area contributed by atoms with E-state index in [1.807, 2.05) is 12.1 Å². The molecule has 0 bridgehead atoms. The van der Waals surface area contributed by atoms with Crippen LogP contribution in [-0.4, -0.2) is 35.7 Å². The van der Waals surface area contributed by atoms with Gasteiger partial charge < -0.3 is 9.84 Å². The van der Waals surface area contributed by atoms with Crippen LogP contribution in [0.4, 0.5) is 0 Å². The second-order valence-corrected chi connectivity index (χ2v) is 4.24. The Labute approximate surface area is 108 Å². The molecule has 0 unspecified atom stereocenters. The highest BCUT2D eigenvalue weighted by Crippen LogP contribution is 2.14. The summed E-state index contributed by atoms with van der Waals surface area (Å²) >= 11 is 0. The fourth-order valence-corrected chi connectivity index (χ4v) is 1.81. The van der Waals surface area contributed by atoms with Crippen molar-refractivity contribution in [1.29, 1.82) is 0 Å². The van der Waals surface area contributed by atoms with E-state index in [0.717, 1.165) is 25.1 Å². The molecule has 4 heteroatoms. The Morgan fingerprint density at radius 2 is 1.94 bits per heavy atom. The molecule has 1 aromatic carbocycles. The highest BCUT2D eigenvalue weighted by atomic mass is 16.5. The fourth-order valence-electron chi connectivity index (χ4n) is 1.81. The molecule has 0 fully saturated rings. The van der Waals surface area contributed by atoms with Gasteiger partial charge in [0.05, 0.1) is 6.61 Å². The number of hydrogen-bond acceptors (Lipinski definition) is 4. The van der Waals surface area contributed by atoms with Gasteiger partial charge >= 0.3 is 5.97 Å². The van der Waals surface area contributed by atoms with Gasteiger partial charge in [0, 0.05) is 20.0 Å². The molecular formula is C14H21NO3. The molecule has 0 radical (unpaired) electrons. The Morgan fingerprint density at radius 1 is 1.28 bits per heavy atom. The molecule has 1 N–H and O–H groups in total. The van der Waals surface area contributed by atoms with Crippen molar-refractivity contribution in [2.75, 3.05) is 19.7 Å². The van der Waals surface area contributed by atoms with Gasteiger partial charge in [-0.3, -0.25) is 9.69 Å². The number of aliphatic hydroxyl groups is 1. The summed E-state index contributed by atoms with van der Waals surface area (Å²) < 4.78 is 4.98. The first kappa shape index (κ1) is 14.7. The Balaban J connectivity index is 2.58. The average molecular weight is 251 g/mol. The topological polar surface area (TPSA) is 49.8 Å². The van der Waals surface area contributed by atoms with E-state index in [1.165, 1.54) is 6.92 Å². The fraction of sp³-hybridized carbons (Fsp3) is 0.500. The standard InChI is InChI=1S/C14H21NO3/c1-3-8-15(9-10-16)11-13-4-6-14(7-5-13)18-12(2)17/h4-7,16H,3,8-11H2,1-2H3. The maximum absolute atomic E-state index is 10.8. The molecule has 1 rings (SSSR count). The molecular weight excluding hydrogens is 230 g/mol. The van der Waals surface area contributed by atoms with E-state index >= 15 is 0 Å². The lowest BCUT2D eigenvalue weighted by Gasteiger charge is -2.20. The molecule has 18 heavy (non-hydrogen) atoms. The van der Waals surface area contributed by atoms with Crippen molar-refractivity contribution in [2.45, 2.75) is 26.8 Å². The third kappa shape index (κ3) is 5.29. The van der Waals surface area contributed by atoms with E-state index in [0.29, 0.717) is 12.3 Å². The van der Waals surface area contributed by atoms with Crippen LogP contribution in [0.25, 0.3) is 0 Å².